The third kappa shape index (κ3) is 6.73. The Morgan fingerprint density at radius 1 is 1.13 bits per heavy atom. The molecule has 38 heavy (non-hydrogen) atoms. The van der Waals surface area contributed by atoms with Crippen LogP contribution in [0.5, 0.6) is 0 Å². The molecule has 3 N–H and O–H groups in total. The van der Waals surface area contributed by atoms with Gasteiger partial charge in [-0.2, -0.15) is 0 Å². The Balaban J connectivity index is 1.50. The minimum Gasteiger partial charge on any atom is -0.480 e. The smallest absolute Gasteiger partial charge is 0.321 e. The molecule has 204 valence electrons. The zero-order chi connectivity index (χ0) is 27.4. The van der Waals surface area contributed by atoms with E-state index in [1.165, 1.54) is 5.56 Å². The number of aliphatic carboxylic acids is 1. The number of carbonyl (C=O) groups excluding carboxylic acids is 2. The Morgan fingerprint density at radius 3 is 2.47 bits per heavy atom. The van der Waals surface area contributed by atoms with Crippen LogP contribution >= 0.6 is 11.6 Å². The third-order valence-electron chi connectivity index (χ3n) is 7.53. The van der Waals surface area contributed by atoms with Gasteiger partial charge in [-0.05, 0) is 47.6 Å². The van der Waals surface area contributed by atoms with E-state index in [9.17, 15) is 19.5 Å². The van der Waals surface area contributed by atoms with E-state index in [2.05, 4.69) is 24.5 Å². The van der Waals surface area contributed by atoms with Gasteiger partial charge in [0.25, 0.3) is 0 Å². The molecule has 1 fully saturated rings. The zero-order valence-corrected chi connectivity index (χ0v) is 22.9. The number of likely N-dealkylation sites (tertiary alicyclic amines) is 1. The van der Waals surface area contributed by atoms with Gasteiger partial charge in [0.15, 0.2) is 0 Å². The van der Waals surface area contributed by atoms with Crippen molar-refractivity contribution in [2.24, 2.45) is 5.92 Å². The van der Waals surface area contributed by atoms with Crippen molar-refractivity contribution in [3.63, 3.8) is 0 Å². The summed E-state index contributed by atoms with van der Waals surface area (Å²) in [4.78, 5) is 42.7. The van der Waals surface area contributed by atoms with Crippen LogP contribution < -0.4 is 10.6 Å². The Bertz CT molecular complexity index is 1160. The van der Waals surface area contributed by atoms with Crippen LogP contribution in [-0.4, -0.2) is 77.0 Å². The highest BCUT2D eigenvalue weighted by molar-refractivity contribution is 6.30. The van der Waals surface area contributed by atoms with E-state index in [-0.39, 0.29) is 17.9 Å². The second-order valence-corrected chi connectivity index (χ2v) is 11.3. The van der Waals surface area contributed by atoms with Crippen LogP contribution in [0.1, 0.15) is 37.0 Å². The predicted molar refractivity (Wildman–Crippen MR) is 147 cm³/mol. The van der Waals surface area contributed by atoms with Crippen molar-refractivity contribution in [1.82, 2.24) is 20.4 Å². The lowest BCUT2D eigenvalue weighted by Crippen LogP contribution is -2.56. The number of nitrogens with zero attached hydrogens (tertiary/aromatic N) is 2. The first-order valence-electron chi connectivity index (χ1n) is 13.2. The topological polar surface area (TPSA) is 102 Å². The molecule has 8 nitrogen and oxygen atoms in total. The molecule has 2 aliphatic heterocycles. The largest absolute Gasteiger partial charge is 0.480 e. The van der Waals surface area contributed by atoms with Crippen molar-refractivity contribution in [1.29, 1.82) is 0 Å². The molecule has 0 bridgehead atoms. The number of halogens is 1. The number of amides is 2. The number of carboxylic acid groups (broad SMARTS) is 1. The molecule has 9 heteroatoms. The fourth-order valence-corrected chi connectivity index (χ4v) is 5.61. The zero-order valence-electron chi connectivity index (χ0n) is 22.2. The van der Waals surface area contributed by atoms with E-state index in [4.69, 9.17) is 11.6 Å². The average molecular weight is 541 g/mol. The quantitative estimate of drug-likeness (QED) is 0.452. The van der Waals surface area contributed by atoms with Gasteiger partial charge in [-0.15, -0.1) is 0 Å². The maximum Gasteiger partial charge on any atom is 0.321 e. The fraction of sp³-hybridized carbons (Fsp3) is 0.483. The molecule has 2 aromatic carbocycles. The number of hydrogen-bond acceptors (Lipinski definition) is 5. The van der Waals surface area contributed by atoms with E-state index in [1.807, 2.05) is 41.3 Å². The summed E-state index contributed by atoms with van der Waals surface area (Å²) in [5, 5.41) is 16.7. The van der Waals surface area contributed by atoms with Gasteiger partial charge in [0.1, 0.15) is 12.1 Å². The number of benzene rings is 2. The van der Waals surface area contributed by atoms with Crippen molar-refractivity contribution in [3.8, 4) is 0 Å². The van der Waals surface area contributed by atoms with Crippen molar-refractivity contribution >= 4 is 29.4 Å². The minimum atomic E-state index is -0.872. The van der Waals surface area contributed by atoms with Gasteiger partial charge in [0.05, 0.1) is 6.04 Å². The SMILES string of the molecule is CC(C)CN1C[C@@H](N(C)C(=O)[C@@H](Cc2ccc(Cl)cc2)NC(=O)[C@H]2Cc3ccccc3CN2)C[C@H]1C(=O)O. The monoisotopic (exact) mass is 540 g/mol. The van der Waals surface area contributed by atoms with Crippen LogP contribution in [0.2, 0.25) is 5.02 Å². The third-order valence-corrected chi connectivity index (χ3v) is 7.78. The molecular weight excluding hydrogens is 504 g/mol. The first kappa shape index (κ1) is 28.1. The maximum absolute atomic E-state index is 13.8. The molecule has 0 aromatic heterocycles. The van der Waals surface area contributed by atoms with Crippen LogP contribution in [-0.2, 0) is 33.8 Å². The highest BCUT2D eigenvalue weighted by Crippen LogP contribution is 2.24. The summed E-state index contributed by atoms with van der Waals surface area (Å²) < 4.78 is 0. The molecule has 1 saturated heterocycles. The molecule has 2 amide bonds. The van der Waals surface area contributed by atoms with Crippen LogP contribution in [0.25, 0.3) is 0 Å². The molecule has 4 rings (SSSR count). The molecule has 0 unspecified atom stereocenters. The predicted octanol–water partition coefficient (Wildman–Crippen LogP) is 2.72. The van der Waals surface area contributed by atoms with E-state index < -0.39 is 24.1 Å². The molecule has 0 spiro atoms. The van der Waals surface area contributed by atoms with E-state index in [1.54, 1.807) is 24.1 Å². The number of likely N-dealkylation sites (N-methyl/N-ethyl adjacent to an activating group) is 1. The second-order valence-electron chi connectivity index (χ2n) is 10.8. The van der Waals surface area contributed by atoms with Gasteiger partial charge in [-0.25, -0.2) is 0 Å². The van der Waals surface area contributed by atoms with Crippen LogP contribution in [0.3, 0.4) is 0 Å². The van der Waals surface area contributed by atoms with Gasteiger partial charge < -0.3 is 20.6 Å². The van der Waals surface area contributed by atoms with Crippen molar-refractivity contribution in [2.75, 3.05) is 20.1 Å². The van der Waals surface area contributed by atoms with Crippen molar-refractivity contribution in [2.45, 2.75) is 63.8 Å². The molecule has 0 aliphatic carbocycles. The van der Waals surface area contributed by atoms with Gasteiger partial charge in [0, 0.05) is 44.2 Å². The second kappa shape index (κ2) is 12.3. The lowest BCUT2D eigenvalue weighted by atomic mass is 9.95. The number of carbonyl (C=O) groups is 3. The lowest BCUT2D eigenvalue weighted by molar-refractivity contribution is -0.142. The first-order chi connectivity index (χ1) is 18.1. The summed E-state index contributed by atoms with van der Waals surface area (Å²) in [5.41, 5.74) is 3.17. The highest BCUT2D eigenvalue weighted by atomic mass is 35.5. The van der Waals surface area contributed by atoms with E-state index in [0.717, 1.165) is 11.1 Å². The van der Waals surface area contributed by atoms with E-state index >= 15 is 0 Å². The molecule has 0 saturated carbocycles. The summed E-state index contributed by atoms with van der Waals surface area (Å²) in [6, 6.07) is 13.1. The molecule has 4 atom stereocenters. The van der Waals surface area contributed by atoms with Crippen LogP contribution in [0.4, 0.5) is 0 Å². The van der Waals surface area contributed by atoms with Gasteiger partial charge >= 0.3 is 5.97 Å². The fourth-order valence-electron chi connectivity index (χ4n) is 5.48. The van der Waals surface area contributed by atoms with E-state index in [0.29, 0.717) is 49.8 Å². The Labute approximate surface area is 229 Å². The molecule has 0 radical (unpaired) electrons. The number of fused-ring (bicyclic) bond motifs is 1. The van der Waals surface area contributed by atoms with Crippen molar-refractivity contribution < 1.29 is 19.5 Å². The summed E-state index contributed by atoms with van der Waals surface area (Å²) in [6.45, 7) is 5.83. The average Bonchev–Trinajstić information content (AvgIpc) is 3.31. The molecular formula is C29H37ClN4O4. The summed E-state index contributed by atoms with van der Waals surface area (Å²) in [7, 11) is 1.71. The Hall–Kier alpha value is -2.94. The first-order valence-corrected chi connectivity index (χ1v) is 13.6. The van der Waals surface area contributed by atoms with Gasteiger partial charge in [-0.3, -0.25) is 19.3 Å². The highest BCUT2D eigenvalue weighted by Gasteiger charge is 2.41. The normalized spacial score (nSPS) is 22.1. The molecule has 2 aromatic rings. The molecule has 2 aliphatic rings. The van der Waals surface area contributed by atoms with Crippen LogP contribution in [0, 0.1) is 5.92 Å². The standard InChI is InChI=1S/C29H37ClN4O4/c1-18(2)16-34-17-23(14-26(34)29(37)38)33(3)28(36)25(12-19-8-10-22(30)11-9-19)32-27(35)24-13-20-6-4-5-7-21(20)15-31-24/h4-11,18,23-26,31H,12-17H2,1-3H3,(H,32,35)(H,37,38)/t23-,24+,25+,26-/m0/s1. The maximum atomic E-state index is 13.8. The lowest BCUT2D eigenvalue weighted by Gasteiger charge is -2.31. The number of nitrogens with one attached hydrogen (secondary N) is 2. The Kier molecular flexibility index (Phi) is 9.07. The minimum absolute atomic E-state index is 0.225. The number of rotatable bonds is 9. The summed E-state index contributed by atoms with van der Waals surface area (Å²) in [5.74, 6) is -1.02. The summed E-state index contributed by atoms with van der Waals surface area (Å²) in [6.07, 6.45) is 1.21. The summed E-state index contributed by atoms with van der Waals surface area (Å²) >= 11 is 6.06. The van der Waals surface area contributed by atoms with Crippen LogP contribution in [0.15, 0.2) is 48.5 Å². The van der Waals surface area contributed by atoms with Gasteiger partial charge in [-0.1, -0.05) is 61.8 Å². The van der Waals surface area contributed by atoms with Crippen molar-refractivity contribution in [3.05, 3.63) is 70.2 Å². The Morgan fingerprint density at radius 2 is 1.82 bits per heavy atom. The number of hydrogen-bond donors (Lipinski definition) is 3. The van der Waals surface area contributed by atoms with Gasteiger partial charge in [0.2, 0.25) is 11.8 Å². The molecule has 2 heterocycles. The number of carboxylic acids is 1.